The topological polar surface area (TPSA) is 75.0 Å². The van der Waals surface area contributed by atoms with E-state index >= 15 is 0 Å². The summed E-state index contributed by atoms with van der Waals surface area (Å²) in [5, 5.41) is 3.78. The Bertz CT molecular complexity index is 840. The minimum Gasteiger partial charge on any atom is -0.492 e. The largest absolute Gasteiger partial charge is 0.492 e. The molecule has 7 heteroatoms. The van der Waals surface area contributed by atoms with Gasteiger partial charge in [-0.25, -0.2) is 0 Å². The van der Waals surface area contributed by atoms with Crippen LogP contribution in [0.1, 0.15) is 12.2 Å². The van der Waals surface area contributed by atoms with Gasteiger partial charge in [0, 0.05) is 26.1 Å². The Morgan fingerprint density at radius 1 is 1.31 bits per heavy atom. The van der Waals surface area contributed by atoms with Gasteiger partial charge in [0.05, 0.1) is 31.0 Å². The first-order valence-electron chi connectivity index (χ1n) is 8.87. The van der Waals surface area contributed by atoms with E-state index in [1.165, 1.54) is 0 Å². The standard InChI is InChI=1S/C19H23N3O4/c1-21-10-13(11-21)22-9-12(7-17(22)23)19(24)20-8-16-18(25-2)14-5-3-4-6-15(14)26-16/h3-6,12-13H,7-11H2,1-2H3,(H,20,24). The number of likely N-dealkylation sites (tertiary alicyclic amines) is 2. The molecule has 0 aliphatic carbocycles. The second-order valence-corrected chi connectivity index (χ2v) is 7.09. The maximum absolute atomic E-state index is 12.5. The van der Waals surface area contributed by atoms with Crippen molar-refractivity contribution in [1.29, 1.82) is 0 Å². The van der Waals surface area contributed by atoms with Gasteiger partial charge in [0.25, 0.3) is 0 Å². The van der Waals surface area contributed by atoms with Crippen molar-refractivity contribution < 1.29 is 18.7 Å². The molecular formula is C19H23N3O4. The van der Waals surface area contributed by atoms with Gasteiger partial charge in [-0.05, 0) is 19.2 Å². The number of nitrogens with zero attached hydrogens (tertiary/aromatic N) is 2. The smallest absolute Gasteiger partial charge is 0.225 e. The number of furan rings is 1. The van der Waals surface area contributed by atoms with E-state index in [0.717, 1.165) is 24.1 Å². The first-order valence-corrected chi connectivity index (χ1v) is 8.87. The lowest BCUT2D eigenvalue weighted by atomic mass is 10.1. The second kappa shape index (κ2) is 6.64. The molecule has 2 amide bonds. The van der Waals surface area contributed by atoms with Crippen LogP contribution in [0.5, 0.6) is 5.75 Å². The van der Waals surface area contributed by atoms with Crippen LogP contribution in [0.4, 0.5) is 0 Å². The van der Waals surface area contributed by atoms with E-state index < -0.39 is 0 Å². The maximum atomic E-state index is 12.5. The molecule has 1 atom stereocenters. The molecule has 1 unspecified atom stereocenters. The zero-order chi connectivity index (χ0) is 18.3. The number of carbonyl (C=O) groups excluding carboxylic acids is 2. The van der Waals surface area contributed by atoms with Crippen LogP contribution < -0.4 is 10.1 Å². The van der Waals surface area contributed by atoms with Gasteiger partial charge in [-0.15, -0.1) is 0 Å². The van der Waals surface area contributed by atoms with Crippen LogP contribution in [0.15, 0.2) is 28.7 Å². The first kappa shape index (κ1) is 16.9. The van der Waals surface area contributed by atoms with Crippen molar-refractivity contribution >= 4 is 22.8 Å². The van der Waals surface area contributed by atoms with E-state index in [2.05, 4.69) is 10.2 Å². The fraction of sp³-hybridized carbons (Fsp3) is 0.474. The van der Waals surface area contributed by atoms with Gasteiger partial charge in [-0.1, -0.05) is 12.1 Å². The molecule has 0 radical (unpaired) electrons. The molecule has 26 heavy (non-hydrogen) atoms. The summed E-state index contributed by atoms with van der Waals surface area (Å²) in [5.74, 6) is 0.885. The number of rotatable bonds is 5. The molecule has 4 rings (SSSR count). The summed E-state index contributed by atoms with van der Waals surface area (Å²) in [7, 11) is 3.62. The van der Waals surface area contributed by atoms with Crippen molar-refractivity contribution in [2.24, 2.45) is 5.92 Å². The molecule has 0 bridgehead atoms. The van der Waals surface area contributed by atoms with E-state index in [1.54, 1.807) is 7.11 Å². The van der Waals surface area contributed by atoms with Gasteiger partial charge in [0.15, 0.2) is 11.5 Å². The maximum Gasteiger partial charge on any atom is 0.225 e. The van der Waals surface area contributed by atoms with Crippen LogP contribution in [-0.4, -0.2) is 61.4 Å². The van der Waals surface area contributed by atoms with Crippen molar-refractivity contribution in [2.75, 3.05) is 33.8 Å². The van der Waals surface area contributed by atoms with E-state index in [1.807, 2.05) is 36.2 Å². The van der Waals surface area contributed by atoms with Gasteiger partial charge in [0.2, 0.25) is 11.8 Å². The van der Waals surface area contributed by atoms with Crippen molar-refractivity contribution in [2.45, 2.75) is 19.0 Å². The molecule has 2 fully saturated rings. The summed E-state index contributed by atoms with van der Waals surface area (Å²) in [6.45, 7) is 2.51. The normalized spacial score (nSPS) is 21.2. The molecule has 0 spiro atoms. The lowest BCUT2D eigenvalue weighted by molar-refractivity contribution is -0.132. The Morgan fingerprint density at radius 3 is 2.81 bits per heavy atom. The molecule has 3 heterocycles. The fourth-order valence-electron chi connectivity index (χ4n) is 3.85. The Morgan fingerprint density at radius 2 is 2.08 bits per heavy atom. The van der Waals surface area contributed by atoms with Gasteiger partial charge in [-0.3, -0.25) is 9.59 Å². The lowest BCUT2D eigenvalue weighted by Crippen LogP contribution is -2.58. The number of amides is 2. The van der Waals surface area contributed by atoms with Crippen LogP contribution in [0.3, 0.4) is 0 Å². The van der Waals surface area contributed by atoms with Crippen molar-refractivity contribution in [1.82, 2.24) is 15.1 Å². The highest BCUT2D eigenvalue weighted by Gasteiger charge is 2.41. The summed E-state index contributed by atoms with van der Waals surface area (Å²) < 4.78 is 11.2. The molecule has 2 aliphatic heterocycles. The predicted octanol–water partition coefficient (Wildman–Crippen LogP) is 1.22. The number of hydrogen-bond acceptors (Lipinski definition) is 5. The van der Waals surface area contributed by atoms with E-state index in [0.29, 0.717) is 18.1 Å². The first-order chi connectivity index (χ1) is 12.6. The number of likely N-dealkylation sites (N-methyl/N-ethyl adjacent to an activating group) is 1. The Labute approximate surface area is 151 Å². The molecule has 138 valence electrons. The number of nitrogens with one attached hydrogen (secondary N) is 1. The molecule has 1 aromatic carbocycles. The zero-order valence-electron chi connectivity index (χ0n) is 15.0. The average molecular weight is 357 g/mol. The molecule has 0 saturated carbocycles. The number of methoxy groups -OCH3 is 1. The quantitative estimate of drug-likeness (QED) is 0.871. The highest BCUT2D eigenvalue weighted by Crippen LogP contribution is 2.32. The third kappa shape index (κ3) is 2.92. The highest BCUT2D eigenvalue weighted by molar-refractivity contribution is 5.90. The molecule has 2 aromatic rings. The molecule has 1 aromatic heterocycles. The third-order valence-corrected chi connectivity index (χ3v) is 5.26. The number of benzene rings is 1. The number of fused-ring (bicyclic) bond motifs is 1. The zero-order valence-corrected chi connectivity index (χ0v) is 15.0. The third-order valence-electron chi connectivity index (χ3n) is 5.26. The summed E-state index contributed by atoms with van der Waals surface area (Å²) in [4.78, 5) is 28.8. The summed E-state index contributed by atoms with van der Waals surface area (Å²) >= 11 is 0. The Kier molecular flexibility index (Phi) is 4.32. The number of hydrogen-bond donors (Lipinski definition) is 1. The van der Waals surface area contributed by atoms with Crippen molar-refractivity contribution in [3.05, 3.63) is 30.0 Å². The molecule has 7 nitrogen and oxygen atoms in total. The summed E-state index contributed by atoms with van der Waals surface area (Å²) in [6, 6.07) is 7.85. The Hall–Kier alpha value is -2.54. The van der Waals surface area contributed by atoms with Gasteiger partial charge in [-0.2, -0.15) is 0 Å². The number of ether oxygens (including phenoxy) is 1. The lowest BCUT2D eigenvalue weighted by Gasteiger charge is -2.42. The van der Waals surface area contributed by atoms with Crippen LogP contribution in [0.2, 0.25) is 0 Å². The highest BCUT2D eigenvalue weighted by atomic mass is 16.5. The number of carbonyl (C=O) groups is 2. The van der Waals surface area contributed by atoms with Crippen LogP contribution in [-0.2, 0) is 16.1 Å². The molecule has 2 aliphatic rings. The van der Waals surface area contributed by atoms with Crippen LogP contribution in [0.25, 0.3) is 11.0 Å². The average Bonchev–Trinajstić information content (AvgIpc) is 3.16. The SMILES string of the molecule is COc1c(CNC(=O)C2CC(=O)N(C3CN(C)C3)C2)oc2ccccc12. The van der Waals surface area contributed by atoms with Crippen molar-refractivity contribution in [3.63, 3.8) is 0 Å². The van der Waals surface area contributed by atoms with E-state index in [-0.39, 0.29) is 36.7 Å². The molecule has 1 N–H and O–H groups in total. The summed E-state index contributed by atoms with van der Waals surface area (Å²) in [5.41, 5.74) is 0.727. The monoisotopic (exact) mass is 357 g/mol. The molecule has 2 saturated heterocycles. The van der Waals surface area contributed by atoms with Gasteiger partial charge in [0.1, 0.15) is 5.58 Å². The van der Waals surface area contributed by atoms with Gasteiger partial charge >= 0.3 is 0 Å². The second-order valence-electron chi connectivity index (χ2n) is 7.09. The fourth-order valence-corrected chi connectivity index (χ4v) is 3.85. The molecular weight excluding hydrogens is 334 g/mol. The predicted molar refractivity (Wildman–Crippen MR) is 95.7 cm³/mol. The van der Waals surface area contributed by atoms with E-state index in [4.69, 9.17) is 9.15 Å². The summed E-state index contributed by atoms with van der Waals surface area (Å²) in [6.07, 6.45) is 0.281. The Balaban J connectivity index is 1.39. The van der Waals surface area contributed by atoms with Crippen LogP contribution in [0, 0.1) is 5.92 Å². The van der Waals surface area contributed by atoms with Crippen LogP contribution >= 0.6 is 0 Å². The minimum atomic E-state index is -0.302. The van der Waals surface area contributed by atoms with Gasteiger partial charge < -0.3 is 24.3 Å². The van der Waals surface area contributed by atoms with Crippen molar-refractivity contribution in [3.8, 4) is 5.75 Å². The number of para-hydroxylation sites is 1. The minimum absolute atomic E-state index is 0.0737. The van der Waals surface area contributed by atoms with E-state index in [9.17, 15) is 9.59 Å².